The fourth-order valence-corrected chi connectivity index (χ4v) is 4.77. The van der Waals surface area contributed by atoms with E-state index in [0.717, 1.165) is 0 Å². The Bertz CT molecular complexity index is 761. The number of sulfone groups is 1. The summed E-state index contributed by atoms with van der Waals surface area (Å²) >= 11 is 0. The molecular weight excluding hydrogens is 356 g/mol. The molecule has 1 aromatic rings. The topological polar surface area (TPSA) is 92.8 Å². The number of rotatable bonds is 7. The number of nitrogens with zero attached hydrogens (tertiary/aromatic N) is 1. The Morgan fingerprint density at radius 2 is 2.00 bits per heavy atom. The number of amides is 1. The largest absolute Gasteiger partial charge is 0.452 e. The molecule has 1 fully saturated rings. The monoisotopic (exact) mass is 382 g/mol. The smallest absolute Gasteiger partial charge is 0.340 e. The van der Waals surface area contributed by atoms with Crippen LogP contribution >= 0.6 is 0 Å². The van der Waals surface area contributed by atoms with Gasteiger partial charge in [0.25, 0.3) is 5.91 Å². The van der Waals surface area contributed by atoms with Gasteiger partial charge in [-0.05, 0) is 24.5 Å². The number of anilines is 1. The maximum Gasteiger partial charge on any atom is 0.340 e. The van der Waals surface area contributed by atoms with E-state index in [9.17, 15) is 18.0 Å². The minimum Gasteiger partial charge on any atom is -0.452 e. The van der Waals surface area contributed by atoms with Crippen molar-refractivity contribution >= 4 is 27.4 Å². The van der Waals surface area contributed by atoms with Gasteiger partial charge in [-0.25, -0.2) is 13.2 Å². The molecule has 1 aliphatic heterocycles. The molecule has 1 aliphatic rings. The summed E-state index contributed by atoms with van der Waals surface area (Å²) in [4.78, 5) is 26.4. The molecule has 7 nitrogen and oxygen atoms in total. The van der Waals surface area contributed by atoms with Gasteiger partial charge in [-0.2, -0.15) is 0 Å². The number of hydrogen-bond acceptors (Lipinski definition) is 6. The Kier molecular flexibility index (Phi) is 6.63. The number of nitrogens with one attached hydrogen (secondary N) is 1. The van der Waals surface area contributed by atoms with Gasteiger partial charge < -0.3 is 15.0 Å². The second-order valence-corrected chi connectivity index (χ2v) is 9.10. The van der Waals surface area contributed by atoms with E-state index in [1.165, 1.54) is 0 Å². The zero-order chi connectivity index (χ0) is 19.3. The lowest BCUT2D eigenvalue weighted by Gasteiger charge is -2.29. The van der Waals surface area contributed by atoms with Gasteiger partial charge in [0, 0.05) is 25.3 Å². The molecule has 1 atom stereocenters. The van der Waals surface area contributed by atoms with Crippen LogP contribution < -0.4 is 5.32 Å². The summed E-state index contributed by atoms with van der Waals surface area (Å²) in [5.74, 6) is -0.706. The molecular formula is C18H26N2O5S. The van der Waals surface area contributed by atoms with Gasteiger partial charge in [-0.3, -0.25) is 4.79 Å². The highest BCUT2D eigenvalue weighted by Gasteiger charge is 2.35. The van der Waals surface area contributed by atoms with Crippen molar-refractivity contribution < 1.29 is 22.7 Å². The van der Waals surface area contributed by atoms with Crippen LogP contribution in [0.3, 0.4) is 0 Å². The minimum atomic E-state index is -3.10. The van der Waals surface area contributed by atoms with Crippen LogP contribution in [-0.2, 0) is 19.4 Å². The van der Waals surface area contributed by atoms with Crippen LogP contribution in [0.5, 0.6) is 0 Å². The Morgan fingerprint density at radius 1 is 1.31 bits per heavy atom. The lowest BCUT2D eigenvalue weighted by molar-refractivity contribution is -0.137. The number of benzene rings is 1. The van der Waals surface area contributed by atoms with E-state index in [1.807, 2.05) is 13.8 Å². The van der Waals surface area contributed by atoms with E-state index < -0.39 is 22.4 Å². The number of hydrogen-bond donors (Lipinski definition) is 1. The molecule has 8 heteroatoms. The van der Waals surface area contributed by atoms with Crippen LogP contribution in [0.2, 0.25) is 0 Å². The minimum absolute atomic E-state index is 0.0258. The number of esters is 1. The average molecular weight is 382 g/mol. The Labute approximate surface area is 154 Å². The molecule has 26 heavy (non-hydrogen) atoms. The molecule has 0 aromatic heterocycles. The molecule has 0 saturated carbocycles. The van der Waals surface area contributed by atoms with Crippen molar-refractivity contribution in [3.05, 3.63) is 29.8 Å². The molecule has 0 radical (unpaired) electrons. The van der Waals surface area contributed by atoms with E-state index in [-0.39, 0.29) is 29.4 Å². The third-order valence-electron chi connectivity index (χ3n) is 4.27. The first-order chi connectivity index (χ1) is 12.2. The molecule has 0 aliphatic carbocycles. The van der Waals surface area contributed by atoms with Gasteiger partial charge in [-0.15, -0.1) is 0 Å². The molecule has 0 unspecified atom stereocenters. The second-order valence-electron chi connectivity index (χ2n) is 6.87. The number of carbonyl (C=O) groups excluding carboxylic acids is 2. The summed E-state index contributed by atoms with van der Waals surface area (Å²) in [6, 6.07) is 6.52. The molecule has 1 aromatic carbocycles. The molecule has 0 bridgehead atoms. The van der Waals surface area contributed by atoms with Crippen molar-refractivity contribution in [3.63, 3.8) is 0 Å². The number of carbonyl (C=O) groups is 2. The third kappa shape index (κ3) is 5.20. The predicted molar refractivity (Wildman–Crippen MR) is 99.9 cm³/mol. The fourth-order valence-electron chi connectivity index (χ4n) is 3.04. The Hall–Kier alpha value is -2.09. The van der Waals surface area contributed by atoms with Crippen molar-refractivity contribution in [3.8, 4) is 0 Å². The zero-order valence-electron chi connectivity index (χ0n) is 15.4. The summed E-state index contributed by atoms with van der Waals surface area (Å²) in [5.41, 5.74) is 0.965. The van der Waals surface area contributed by atoms with Gasteiger partial charge in [0.2, 0.25) is 0 Å². The summed E-state index contributed by atoms with van der Waals surface area (Å²) < 4.78 is 28.7. The van der Waals surface area contributed by atoms with Crippen LogP contribution in [0, 0.1) is 5.92 Å². The van der Waals surface area contributed by atoms with E-state index in [1.54, 1.807) is 36.2 Å². The normalized spacial score (nSPS) is 18.5. The summed E-state index contributed by atoms with van der Waals surface area (Å²) in [6.07, 6.45) is 0.428. The van der Waals surface area contributed by atoms with Crippen molar-refractivity contribution in [2.75, 3.05) is 37.0 Å². The second kappa shape index (κ2) is 8.53. The Morgan fingerprint density at radius 3 is 2.58 bits per heavy atom. The van der Waals surface area contributed by atoms with E-state index in [0.29, 0.717) is 24.2 Å². The standard InChI is InChI=1S/C18H26N2O5S/c1-13(2)10-20(14-8-9-26(23,24)12-14)17(21)11-25-18(22)15-6-4-5-7-16(15)19-3/h4-7,13-14,19H,8-12H2,1-3H3/t14-/m1/s1. The molecule has 1 heterocycles. The molecule has 1 amide bonds. The molecule has 0 spiro atoms. The van der Waals surface area contributed by atoms with E-state index in [4.69, 9.17) is 4.74 Å². The van der Waals surface area contributed by atoms with Crippen molar-refractivity contribution in [2.24, 2.45) is 5.92 Å². The van der Waals surface area contributed by atoms with Crippen LogP contribution in [-0.4, -0.2) is 62.9 Å². The lowest BCUT2D eigenvalue weighted by Crippen LogP contribution is -2.45. The fraction of sp³-hybridized carbons (Fsp3) is 0.556. The maximum absolute atomic E-state index is 12.6. The van der Waals surface area contributed by atoms with Crippen LogP contribution in [0.4, 0.5) is 5.69 Å². The van der Waals surface area contributed by atoms with Gasteiger partial charge in [0.1, 0.15) is 0 Å². The maximum atomic E-state index is 12.6. The molecule has 144 valence electrons. The predicted octanol–water partition coefficient (Wildman–Crippen LogP) is 1.56. The van der Waals surface area contributed by atoms with Crippen LogP contribution in [0.25, 0.3) is 0 Å². The van der Waals surface area contributed by atoms with E-state index >= 15 is 0 Å². The quantitative estimate of drug-likeness (QED) is 0.720. The van der Waals surface area contributed by atoms with E-state index in [2.05, 4.69) is 5.32 Å². The van der Waals surface area contributed by atoms with Crippen LogP contribution in [0.15, 0.2) is 24.3 Å². The van der Waals surface area contributed by atoms with Crippen molar-refractivity contribution in [1.82, 2.24) is 4.90 Å². The summed E-state index contributed by atoms with van der Waals surface area (Å²) in [5, 5.41) is 2.90. The van der Waals surface area contributed by atoms with Crippen molar-refractivity contribution in [1.29, 1.82) is 0 Å². The summed E-state index contributed by atoms with van der Waals surface area (Å²) in [7, 11) is -1.41. The van der Waals surface area contributed by atoms with Crippen LogP contribution in [0.1, 0.15) is 30.6 Å². The Balaban J connectivity index is 2.04. The number of ether oxygens (including phenoxy) is 1. The molecule has 1 N–H and O–H groups in total. The first kappa shape index (κ1) is 20.2. The average Bonchev–Trinajstić information content (AvgIpc) is 2.96. The van der Waals surface area contributed by atoms with Gasteiger partial charge in [0.05, 0.1) is 17.1 Å². The highest BCUT2D eigenvalue weighted by molar-refractivity contribution is 7.91. The lowest BCUT2D eigenvalue weighted by atomic mass is 10.1. The summed E-state index contributed by atoms with van der Waals surface area (Å²) in [6.45, 7) is 3.95. The SMILES string of the molecule is CNc1ccccc1C(=O)OCC(=O)N(CC(C)C)[C@@H]1CCS(=O)(=O)C1. The first-order valence-electron chi connectivity index (χ1n) is 8.67. The van der Waals surface area contributed by atoms with Gasteiger partial charge >= 0.3 is 5.97 Å². The first-order valence-corrected chi connectivity index (χ1v) is 10.5. The zero-order valence-corrected chi connectivity index (χ0v) is 16.2. The molecule has 2 rings (SSSR count). The van der Waals surface area contributed by atoms with Gasteiger partial charge in [0.15, 0.2) is 16.4 Å². The highest BCUT2D eigenvalue weighted by Crippen LogP contribution is 2.20. The van der Waals surface area contributed by atoms with Gasteiger partial charge in [-0.1, -0.05) is 26.0 Å². The number of para-hydroxylation sites is 1. The highest BCUT2D eigenvalue weighted by atomic mass is 32.2. The molecule has 1 saturated heterocycles. The third-order valence-corrected chi connectivity index (χ3v) is 6.02. The van der Waals surface area contributed by atoms with Crippen molar-refractivity contribution in [2.45, 2.75) is 26.3 Å².